The molecule has 0 fully saturated rings. The Labute approximate surface area is 124 Å². The molecule has 1 aromatic carbocycles. The molecule has 0 aliphatic carbocycles. The maximum absolute atomic E-state index is 12.3. The van der Waals surface area contributed by atoms with E-state index in [0.717, 1.165) is 21.8 Å². The molecule has 0 heterocycles. The molecule has 0 aliphatic rings. The zero-order valence-electron chi connectivity index (χ0n) is 10.3. The number of unbranched alkanes of at least 4 members (excludes halogenated alkanes) is 1. The molecule has 18 heavy (non-hydrogen) atoms. The third-order valence-electron chi connectivity index (χ3n) is 2.60. The zero-order chi connectivity index (χ0) is 13.5. The molecule has 1 N–H and O–H groups in total. The van der Waals surface area contributed by atoms with E-state index in [-0.39, 0.29) is 12.5 Å². The predicted octanol–water partition coefficient (Wildman–Crippen LogP) is 3.45. The fourth-order valence-corrected chi connectivity index (χ4v) is 2.83. The third kappa shape index (κ3) is 4.37. The van der Waals surface area contributed by atoms with Crippen molar-refractivity contribution in [3.8, 4) is 0 Å². The van der Waals surface area contributed by atoms with E-state index >= 15 is 0 Å². The Morgan fingerprint density at radius 3 is 2.61 bits per heavy atom. The molecule has 0 radical (unpaired) electrons. The second-order valence-corrected chi connectivity index (χ2v) is 5.76. The van der Waals surface area contributed by atoms with E-state index in [1.807, 2.05) is 12.1 Å². The number of carbonyl (C=O) groups excluding carboxylic acids is 1. The summed E-state index contributed by atoms with van der Waals surface area (Å²) < 4.78 is 1.69. The van der Waals surface area contributed by atoms with Gasteiger partial charge in [0.1, 0.15) is 0 Å². The van der Waals surface area contributed by atoms with Crippen LogP contribution in [-0.2, 0) is 0 Å². The quantitative estimate of drug-likeness (QED) is 0.823. The normalized spacial score (nSPS) is 10.4. The molecule has 0 aromatic heterocycles. The Morgan fingerprint density at radius 1 is 1.33 bits per heavy atom. The summed E-state index contributed by atoms with van der Waals surface area (Å²) in [4.78, 5) is 14.0. The van der Waals surface area contributed by atoms with Gasteiger partial charge < -0.3 is 10.0 Å². The summed E-state index contributed by atoms with van der Waals surface area (Å²) in [6.07, 6.45) is 1.97. The first-order valence-corrected chi connectivity index (χ1v) is 7.54. The Kier molecular flexibility index (Phi) is 6.89. The van der Waals surface area contributed by atoms with Gasteiger partial charge in [-0.2, -0.15) is 0 Å². The van der Waals surface area contributed by atoms with E-state index < -0.39 is 0 Å². The van der Waals surface area contributed by atoms with Crippen molar-refractivity contribution in [1.29, 1.82) is 0 Å². The van der Waals surface area contributed by atoms with Gasteiger partial charge in [-0.1, -0.05) is 29.3 Å². The number of nitrogens with zero attached hydrogens (tertiary/aromatic N) is 1. The molecule has 0 saturated carbocycles. The summed E-state index contributed by atoms with van der Waals surface area (Å²) in [6, 6.07) is 5.48. The molecule has 1 rings (SSSR count). The molecule has 5 heteroatoms. The highest BCUT2D eigenvalue weighted by atomic mass is 79.9. The number of carbonyl (C=O) groups is 1. The molecule has 0 bridgehead atoms. The van der Waals surface area contributed by atoms with Crippen LogP contribution in [0.1, 0.15) is 30.1 Å². The number of hydrogen-bond acceptors (Lipinski definition) is 2. The summed E-state index contributed by atoms with van der Waals surface area (Å²) in [5, 5.41) is 9.03. The van der Waals surface area contributed by atoms with Crippen LogP contribution in [0.3, 0.4) is 0 Å². The molecule has 1 amide bonds. The van der Waals surface area contributed by atoms with Crippen molar-refractivity contribution in [2.45, 2.75) is 19.8 Å². The first-order valence-electron chi connectivity index (χ1n) is 5.95. The van der Waals surface area contributed by atoms with E-state index in [1.165, 1.54) is 0 Å². The maximum Gasteiger partial charge on any atom is 0.255 e. The van der Waals surface area contributed by atoms with E-state index in [1.54, 1.807) is 11.0 Å². The maximum atomic E-state index is 12.3. The summed E-state index contributed by atoms with van der Waals surface area (Å²) in [6.45, 7) is 3.13. The number of amides is 1. The van der Waals surface area contributed by atoms with Crippen LogP contribution in [-0.4, -0.2) is 35.6 Å². The van der Waals surface area contributed by atoms with Crippen molar-refractivity contribution in [2.24, 2.45) is 0 Å². The molecular formula is C13H17Br2NO2. The standard InChI is InChI=1S/C13H17Br2NO2/c1-2-3-6-16(7-8-17)13(18)11-5-4-10(14)9-12(11)15/h4-5,9,17H,2-3,6-8H2,1H3. The summed E-state index contributed by atoms with van der Waals surface area (Å²) in [5.41, 5.74) is 0.628. The third-order valence-corrected chi connectivity index (χ3v) is 3.75. The first-order chi connectivity index (χ1) is 8.60. The van der Waals surface area contributed by atoms with Crippen LogP contribution >= 0.6 is 31.9 Å². The smallest absolute Gasteiger partial charge is 0.255 e. The van der Waals surface area contributed by atoms with Crippen LogP contribution < -0.4 is 0 Å². The van der Waals surface area contributed by atoms with Gasteiger partial charge in [-0.05, 0) is 40.5 Å². The van der Waals surface area contributed by atoms with Gasteiger partial charge >= 0.3 is 0 Å². The minimum absolute atomic E-state index is 0.0103. The summed E-state index contributed by atoms with van der Waals surface area (Å²) in [7, 11) is 0. The highest BCUT2D eigenvalue weighted by Crippen LogP contribution is 2.23. The largest absolute Gasteiger partial charge is 0.395 e. The van der Waals surface area contributed by atoms with Gasteiger partial charge in [-0.3, -0.25) is 4.79 Å². The second kappa shape index (κ2) is 7.92. The van der Waals surface area contributed by atoms with E-state index in [2.05, 4.69) is 38.8 Å². The average Bonchev–Trinajstić information content (AvgIpc) is 2.33. The Balaban J connectivity index is 2.87. The lowest BCUT2D eigenvalue weighted by atomic mass is 10.2. The van der Waals surface area contributed by atoms with E-state index in [9.17, 15) is 4.79 Å². The molecule has 1 aromatic rings. The highest BCUT2D eigenvalue weighted by molar-refractivity contribution is 9.11. The van der Waals surface area contributed by atoms with Gasteiger partial charge in [0.25, 0.3) is 5.91 Å². The lowest BCUT2D eigenvalue weighted by Crippen LogP contribution is -2.34. The molecular weight excluding hydrogens is 362 g/mol. The fourth-order valence-electron chi connectivity index (χ4n) is 1.62. The van der Waals surface area contributed by atoms with Crippen LogP contribution in [0.15, 0.2) is 27.1 Å². The minimum atomic E-state index is -0.0446. The van der Waals surface area contributed by atoms with Crippen molar-refractivity contribution in [1.82, 2.24) is 4.90 Å². The highest BCUT2D eigenvalue weighted by Gasteiger charge is 2.17. The van der Waals surface area contributed by atoms with Crippen molar-refractivity contribution >= 4 is 37.8 Å². The number of halogens is 2. The van der Waals surface area contributed by atoms with Crippen LogP contribution in [0.25, 0.3) is 0 Å². The molecule has 0 atom stereocenters. The molecule has 0 unspecified atom stereocenters. The summed E-state index contributed by atoms with van der Waals surface area (Å²) in [5.74, 6) is -0.0446. The van der Waals surface area contributed by atoms with Crippen molar-refractivity contribution < 1.29 is 9.90 Å². The van der Waals surface area contributed by atoms with Crippen molar-refractivity contribution in [3.63, 3.8) is 0 Å². The van der Waals surface area contributed by atoms with Crippen LogP contribution in [0, 0.1) is 0 Å². The SMILES string of the molecule is CCCCN(CCO)C(=O)c1ccc(Br)cc1Br. The van der Waals surface area contributed by atoms with Crippen LogP contribution in [0.4, 0.5) is 0 Å². The molecule has 3 nitrogen and oxygen atoms in total. The molecule has 100 valence electrons. The molecule has 0 saturated heterocycles. The van der Waals surface area contributed by atoms with Gasteiger partial charge in [0.15, 0.2) is 0 Å². The lowest BCUT2D eigenvalue weighted by molar-refractivity contribution is 0.0718. The Hall–Kier alpha value is -0.390. The monoisotopic (exact) mass is 377 g/mol. The number of benzene rings is 1. The molecule has 0 aliphatic heterocycles. The Morgan fingerprint density at radius 2 is 2.06 bits per heavy atom. The Bertz CT molecular complexity index is 410. The average molecular weight is 379 g/mol. The van der Waals surface area contributed by atoms with Crippen LogP contribution in [0.5, 0.6) is 0 Å². The minimum Gasteiger partial charge on any atom is -0.395 e. The van der Waals surface area contributed by atoms with E-state index in [0.29, 0.717) is 18.7 Å². The topological polar surface area (TPSA) is 40.5 Å². The van der Waals surface area contributed by atoms with E-state index in [4.69, 9.17) is 5.11 Å². The first kappa shape index (κ1) is 15.7. The van der Waals surface area contributed by atoms with Gasteiger partial charge in [-0.25, -0.2) is 0 Å². The number of aliphatic hydroxyl groups is 1. The van der Waals surface area contributed by atoms with Gasteiger partial charge in [0, 0.05) is 22.0 Å². The van der Waals surface area contributed by atoms with Gasteiger partial charge in [-0.15, -0.1) is 0 Å². The second-order valence-electron chi connectivity index (χ2n) is 3.99. The lowest BCUT2D eigenvalue weighted by Gasteiger charge is -2.22. The molecule has 0 spiro atoms. The zero-order valence-corrected chi connectivity index (χ0v) is 13.5. The summed E-state index contributed by atoms with van der Waals surface area (Å²) >= 11 is 6.76. The van der Waals surface area contributed by atoms with Gasteiger partial charge in [0.05, 0.1) is 12.2 Å². The van der Waals surface area contributed by atoms with Gasteiger partial charge in [0.2, 0.25) is 0 Å². The fraction of sp³-hybridized carbons (Fsp3) is 0.462. The number of rotatable bonds is 6. The number of aliphatic hydroxyl groups excluding tert-OH is 1. The van der Waals surface area contributed by atoms with Crippen molar-refractivity contribution in [3.05, 3.63) is 32.7 Å². The number of hydrogen-bond donors (Lipinski definition) is 1. The predicted molar refractivity (Wildman–Crippen MR) is 79.7 cm³/mol. The van der Waals surface area contributed by atoms with Crippen molar-refractivity contribution in [2.75, 3.05) is 19.7 Å². The van der Waals surface area contributed by atoms with Crippen LogP contribution in [0.2, 0.25) is 0 Å².